The van der Waals surface area contributed by atoms with Crippen LogP contribution in [0.3, 0.4) is 0 Å². The van der Waals surface area contributed by atoms with E-state index in [2.05, 4.69) is 20.8 Å². The molecule has 5 aromatic rings. The van der Waals surface area contributed by atoms with Crippen LogP contribution in [0.1, 0.15) is 17.1 Å². The monoisotopic (exact) mass is 568 g/mol. The van der Waals surface area contributed by atoms with E-state index < -0.39 is 4.92 Å². The molecule has 0 fully saturated rings. The summed E-state index contributed by atoms with van der Waals surface area (Å²) in [5, 5.41) is 18.7. The fourth-order valence-corrected chi connectivity index (χ4v) is 4.86. The van der Waals surface area contributed by atoms with Crippen molar-refractivity contribution < 1.29 is 18.9 Å². The number of methoxy groups -OCH3 is 1. The SMILES string of the molecule is COc1ccc(-c2nc(Nc3ccccn3)sc2CCC(=O)N/N=C\c2ccc(-c3ccc([N+](=O)[O-])cc3)o2)cc1. The van der Waals surface area contributed by atoms with Crippen LogP contribution >= 0.6 is 11.3 Å². The Morgan fingerprint density at radius 2 is 1.85 bits per heavy atom. The number of pyridine rings is 1. The second-order valence-corrected chi connectivity index (χ2v) is 9.74. The van der Waals surface area contributed by atoms with Crippen LogP contribution in [0.15, 0.2) is 94.6 Å². The third-order valence-corrected chi connectivity index (χ3v) is 6.94. The van der Waals surface area contributed by atoms with Crippen molar-refractivity contribution in [3.63, 3.8) is 0 Å². The molecule has 0 radical (unpaired) electrons. The number of carbonyl (C=O) groups is 1. The van der Waals surface area contributed by atoms with Crippen molar-refractivity contribution in [3.05, 3.63) is 106 Å². The van der Waals surface area contributed by atoms with Gasteiger partial charge >= 0.3 is 0 Å². The molecule has 1 amide bonds. The van der Waals surface area contributed by atoms with Gasteiger partial charge in [0, 0.05) is 40.8 Å². The summed E-state index contributed by atoms with van der Waals surface area (Å²) in [7, 11) is 1.61. The number of nitro groups is 1. The number of aromatic nitrogens is 2. The van der Waals surface area contributed by atoms with Crippen molar-refractivity contribution in [2.45, 2.75) is 12.8 Å². The number of ether oxygens (including phenoxy) is 1. The Hall–Kier alpha value is -5.36. The first-order valence-corrected chi connectivity index (χ1v) is 13.3. The highest BCUT2D eigenvalue weighted by Gasteiger charge is 2.16. The van der Waals surface area contributed by atoms with Crippen LogP contribution in [-0.2, 0) is 11.2 Å². The highest BCUT2D eigenvalue weighted by Crippen LogP contribution is 2.34. The molecule has 0 unspecified atom stereocenters. The van der Waals surface area contributed by atoms with E-state index in [1.54, 1.807) is 37.6 Å². The van der Waals surface area contributed by atoms with Gasteiger partial charge in [0.25, 0.3) is 5.69 Å². The fraction of sp³-hybridized carbons (Fsp3) is 0.103. The number of rotatable bonds is 11. The zero-order chi connectivity index (χ0) is 28.6. The van der Waals surface area contributed by atoms with Gasteiger partial charge in [0.15, 0.2) is 5.13 Å². The van der Waals surface area contributed by atoms with Gasteiger partial charge in [0.1, 0.15) is 23.1 Å². The average molecular weight is 569 g/mol. The minimum atomic E-state index is -0.459. The Morgan fingerprint density at radius 3 is 2.56 bits per heavy atom. The van der Waals surface area contributed by atoms with Crippen molar-refractivity contribution in [2.24, 2.45) is 5.10 Å². The normalized spacial score (nSPS) is 11.0. The van der Waals surface area contributed by atoms with Crippen LogP contribution in [0.4, 0.5) is 16.6 Å². The molecule has 0 spiro atoms. The van der Waals surface area contributed by atoms with Crippen molar-refractivity contribution in [3.8, 4) is 28.3 Å². The van der Waals surface area contributed by atoms with Gasteiger partial charge in [-0.2, -0.15) is 5.10 Å². The molecule has 0 saturated carbocycles. The third kappa shape index (κ3) is 6.99. The summed E-state index contributed by atoms with van der Waals surface area (Å²) in [5.41, 5.74) is 4.91. The molecule has 41 heavy (non-hydrogen) atoms. The van der Waals surface area contributed by atoms with Gasteiger partial charge in [-0.05, 0) is 67.1 Å². The molecule has 12 heteroatoms. The molecule has 0 aliphatic rings. The Labute approximate surface area is 238 Å². The molecule has 2 aromatic carbocycles. The summed E-state index contributed by atoms with van der Waals surface area (Å²) in [6.45, 7) is 0. The summed E-state index contributed by atoms with van der Waals surface area (Å²) < 4.78 is 11.0. The number of hydrazone groups is 1. The molecular formula is C29H24N6O5S. The summed E-state index contributed by atoms with van der Waals surface area (Å²) in [6, 6.07) is 22.6. The highest BCUT2D eigenvalue weighted by molar-refractivity contribution is 7.16. The van der Waals surface area contributed by atoms with E-state index in [-0.39, 0.29) is 18.0 Å². The molecular weight excluding hydrogens is 544 g/mol. The van der Waals surface area contributed by atoms with Gasteiger partial charge in [0.05, 0.1) is 23.9 Å². The molecule has 5 rings (SSSR count). The van der Waals surface area contributed by atoms with Crippen LogP contribution in [0.5, 0.6) is 5.75 Å². The van der Waals surface area contributed by atoms with E-state index in [9.17, 15) is 14.9 Å². The zero-order valence-corrected chi connectivity index (χ0v) is 22.6. The standard InChI is InChI=1S/C29H24N6O5S/c1-39-22-11-7-20(8-12-22)28-25(41-29(33-28)32-26-4-2-3-17-30-26)15-16-27(36)34-31-18-23-13-14-24(40-23)19-5-9-21(10-6-19)35(37)38/h2-14,17-18H,15-16H2,1H3,(H,34,36)(H,30,32,33)/b31-18-. The second kappa shape index (κ2) is 12.7. The predicted molar refractivity (Wildman–Crippen MR) is 156 cm³/mol. The van der Waals surface area contributed by atoms with E-state index in [0.717, 1.165) is 21.9 Å². The molecule has 0 bridgehead atoms. The summed E-state index contributed by atoms with van der Waals surface area (Å²) in [4.78, 5) is 33.0. The van der Waals surface area contributed by atoms with Crippen molar-refractivity contribution in [2.75, 3.05) is 12.4 Å². The molecule has 206 valence electrons. The Morgan fingerprint density at radius 1 is 1.07 bits per heavy atom. The first-order chi connectivity index (χ1) is 20.0. The molecule has 3 heterocycles. The van der Waals surface area contributed by atoms with E-state index in [4.69, 9.17) is 14.1 Å². The Kier molecular flexibility index (Phi) is 8.41. The number of nitrogens with zero attached hydrogens (tertiary/aromatic N) is 4. The average Bonchev–Trinajstić information content (AvgIpc) is 3.64. The number of furan rings is 1. The number of amides is 1. The van der Waals surface area contributed by atoms with Gasteiger partial charge in [-0.25, -0.2) is 15.4 Å². The number of benzene rings is 2. The Bertz CT molecular complexity index is 1660. The predicted octanol–water partition coefficient (Wildman–Crippen LogP) is 6.21. The number of thiazole rings is 1. The maximum absolute atomic E-state index is 12.6. The van der Waals surface area contributed by atoms with Gasteiger partial charge in [-0.1, -0.05) is 6.07 Å². The molecule has 0 aliphatic heterocycles. The highest BCUT2D eigenvalue weighted by atomic mass is 32.1. The molecule has 3 aromatic heterocycles. The number of hydrogen-bond acceptors (Lipinski definition) is 10. The number of hydrogen-bond donors (Lipinski definition) is 2. The smallest absolute Gasteiger partial charge is 0.269 e. The number of carbonyl (C=O) groups excluding carboxylic acids is 1. The minimum Gasteiger partial charge on any atom is -0.497 e. The largest absolute Gasteiger partial charge is 0.497 e. The summed E-state index contributed by atoms with van der Waals surface area (Å²) in [5.74, 6) is 2.10. The van der Waals surface area contributed by atoms with E-state index in [1.807, 2.05) is 42.5 Å². The van der Waals surface area contributed by atoms with Gasteiger partial charge < -0.3 is 14.5 Å². The first kappa shape index (κ1) is 27.2. The first-order valence-electron chi connectivity index (χ1n) is 12.5. The van der Waals surface area contributed by atoms with Gasteiger partial charge in [-0.15, -0.1) is 11.3 Å². The molecule has 0 saturated heterocycles. The van der Waals surface area contributed by atoms with Gasteiger partial charge in [0.2, 0.25) is 5.91 Å². The molecule has 2 N–H and O–H groups in total. The number of aryl methyl sites for hydroxylation is 1. The lowest BCUT2D eigenvalue weighted by molar-refractivity contribution is -0.384. The van der Waals surface area contributed by atoms with Crippen LogP contribution in [0.2, 0.25) is 0 Å². The maximum atomic E-state index is 12.6. The van der Waals surface area contributed by atoms with Crippen LogP contribution in [-0.4, -0.2) is 34.1 Å². The number of anilines is 2. The number of non-ortho nitro benzene ring substituents is 1. The fourth-order valence-electron chi connectivity index (χ4n) is 3.87. The van der Waals surface area contributed by atoms with E-state index in [0.29, 0.717) is 34.5 Å². The van der Waals surface area contributed by atoms with E-state index in [1.165, 1.54) is 29.7 Å². The lowest BCUT2D eigenvalue weighted by atomic mass is 10.1. The van der Waals surface area contributed by atoms with Crippen LogP contribution in [0, 0.1) is 10.1 Å². The van der Waals surface area contributed by atoms with Crippen molar-refractivity contribution >= 4 is 40.1 Å². The topological polar surface area (TPSA) is 145 Å². The molecule has 11 nitrogen and oxygen atoms in total. The van der Waals surface area contributed by atoms with E-state index >= 15 is 0 Å². The van der Waals surface area contributed by atoms with Crippen LogP contribution in [0.25, 0.3) is 22.6 Å². The quantitative estimate of drug-likeness (QED) is 0.109. The summed E-state index contributed by atoms with van der Waals surface area (Å²) >= 11 is 1.46. The minimum absolute atomic E-state index is 0.0000520. The van der Waals surface area contributed by atoms with Crippen LogP contribution < -0.4 is 15.5 Å². The van der Waals surface area contributed by atoms with Crippen molar-refractivity contribution in [1.82, 2.24) is 15.4 Å². The van der Waals surface area contributed by atoms with Crippen molar-refractivity contribution in [1.29, 1.82) is 0 Å². The maximum Gasteiger partial charge on any atom is 0.269 e. The number of nitro benzene ring substituents is 1. The zero-order valence-electron chi connectivity index (χ0n) is 21.8. The molecule has 0 aliphatic carbocycles. The Balaban J connectivity index is 1.22. The number of nitrogens with one attached hydrogen (secondary N) is 2. The van der Waals surface area contributed by atoms with Gasteiger partial charge in [-0.3, -0.25) is 14.9 Å². The second-order valence-electron chi connectivity index (χ2n) is 8.66. The summed E-state index contributed by atoms with van der Waals surface area (Å²) in [6.07, 6.45) is 3.75. The lowest BCUT2D eigenvalue weighted by Crippen LogP contribution is -2.17. The molecule has 0 atom stereocenters. The lowest BCUT2D eigenvalue weighted by Gasteiger charge is -2.04. The third-order valence-electron chi connectivity index (χ3n) is 5.91.